The molecule has 0 nitrogen and oxygen atoms in total. The third-order valence-electron chi connectivity index (χ3n) is 4.90. The predicted octanol–water partition coefficient (Wildman–Crippen LogP) is 9.46. The van der Waals surface area contributed by atoms with Crippen molar-refractivity contribution in [3.8, 4) is 0 Å². The molecule has 0 saturated heterocycles. The molecule has 0 aliphatic carbocycles. The zero-order valence-electron chi connectivity index (χ0n) is 16.9. The van der Waals surface area contributed by atoms with Crippen molar-refractivity contribution in [2.45, 2.75) is 48.4 Å². The summed E-state index contributed by atoms with van der Waals surface area (Å²) in [5, 5.41) is -5.37. The van der Waals surface area contributed by atoms with Crippen molar-refractivity contribution in [2.24, 2.45) is 0 Å². The average molecular weight is 600 g/mol. The number of benzene rings is 2. The summed E-state index contributed by atoms with van der Waals surface area (Å²) in [5.41, 5.74) is -12.9. The van der Waals surface area contributed by atoms with Gasteiger partial charge in [0.2, 0.25) is 0 Å². The molecular weight excluding hydrogens is 596 g/mol. The van der Waals surface area contributed by atoms with Crippen molar-refractivity contribution in [1.29, 1.82) is 0 Å². The fraction of sp³-hybridized carbons (Fsp3) is 0.444. The molecule has 0 spiro atoms. The first-order valence-corrected chi connectivity index (χ1v) is 8.84. The zero-order chi connectivity index (χ0) is 30.3. The normalized spacial score (nSPS) is 15.4. The van der Waals surface area contributed by atoms with Gasteiger partial charge < -0.3 is 0 Å². The molecule has 38 heavy (non-hydrogen) atoms. The molecule has 0 radical (unpaired) electrons. The van der Waals surface area contributed by atoms with Crippen LogP contribution in [0.1, 0.15) is 22.3 Å². The summed E-state index contributed by atoms with van der Waals surface area (Å²) >= 11 is 0. The maximum absolute atomic E-state index is 14.1. The summed E-state index contributed by atoms with van der Waals surface area (Å²) in [5.74, 6) is -26.6. The van der Waals surface area contributed by atoms with Crippen LogP contribution >= 0.6 is 0 Å². The van der Waals surface area contributed by atoms with E-state index in [0.717, 1.165) is 0 Å². The molecule has 0 aliphatic rings. The van der Waals surface area contributed by atoms with Crippen LogP contribution < -0.4 is 0 Å². The third-order valence-corrected chi connectivity index (χ3v) is 4.90. The maximum atomic E-state index is 14.1. The highest BCUT2D eigenvalue weighted by molar-refractivity contribution is 5.92. The van der Waals surface area contributed by atoms with E-state index in [-0.39, 0.29) is 0 Å². The molecule has 20 heteroatoms. The second kappa shape index (κ2) is 8.40. The van der Waals surface area contributed by atoms with Crippen LogP contribution in [0.25, 0.3) is 10.8 Å². The Bertz CT molecular complexity index is 1110. The first-order chi connectivity index (χ1) is 16.4. The molecule has 2 rings (SSSR count). The third kappa shape index (κ3) is 4.77. The Hall–Kier alpha value is -2.70. The molecule has 0 N–H and O–H groups in total. The van der Waals surface area contributed by atoms with Crippen LogP contribution in [0, 0.1) is 0 Å². The van der Waals surface area contributed by atoms with Gasteiger partial charge in [0.05, 0.1) is 0 Å². The van der Waals surface area contributed by atoms with E-state index in [1.54, 1.807) is 0 Å². The van der Waals surface area contributed by atoms with E-state index >= 15 is 0 Å². The minimum Gasteiger partial charge on any atom is -0.191 e. The molecule has 0 aromatic heterocycles. The van der Waals surface area contributed by atoms with Crippen LogP contribution in [-0.2, 0) is 23.7 Å². The molecule has 0 bridgehead atoms. The van der Waals surface area contributed by atoms with Crippen LogP contribution in [0.5, 0.6) is 0 Å². The minimum atomic E-state index is -7.07. The fourth-order valence-corrected chi connectivity index (χ4v) is 2.98. The molecule has 0 fully saturated rings. The van der Waals surface area contributed by atoms with Crippen LogP contribution in [-0.4, -0.2) is 24.7 Å². The van der Waals surface area contributed by atoms with Crippen molar-refractivity contribution >= 4 is 10.8 Å². The van der Waals surface area contributed by atoms with Gasteiger partial charge in [0.15, 0.2) is 0 Å². The van der Waals surface area contributed by atoms with Crippen molar-refractivity contribution in [2.75, 3.05) is 0 Å². The fourth-order valence-electron chi connectivity index (χ4n) is 2.98. The smallest absolute Gasteiger partial charge is 0.191 e. The van der Waals surface area contributed by atoms with Gasteiger partial charge in [0.25, 0.3) is 0 Å². The lowest BCUT2D eigenvalue weighted by atomic mass is 9.87. The van der Waals surface area contributed by atoms with E-state index in [4.69, 9.17) is 0 Å². The topological polar surface area (TPSA) is 0 Å². The van der Waals surface area contributed by atoms with Crippen molar-refractivity contribution in [1.82, 2.24) is 0 Å². The Morgan fingerprint density at radius 3 is 0.684 bits per heavy atom. The summed E-state index contributed by atoms with van der Waals surface area (Å²) < 4.78 is 266. The Labute approximate surface area is 194 Å². The van der Waals surface area contributed by atoms with E-state index in [0.29, 0.717) is 0 Å². The number of hydrogen-bond acceptors (Lipinski definition) is 0. The molecule has 0 unspecified atom stereocenters. The van der Waals surface area contributed by atoms with Crippen LogP contribution in [0.2, 0.25) is 0 Å². The molecule has 216 valence electrons. The Morgan fingerprint density at radius 1 is 0.289 bits per heavy atom. The molecule has 0 amide bonds. The quantitative estimate of drug-likeness (QED) is 0.307. The number of hydrogen-bond donors (Lipinski definition) is 0. The summed E-state index contributed by atoms with van der Waals surface area (Å²) in [6, 6.07) is -5.03. The molecule has 0 heterocycles. The summed E-state index contributed by atoms with van der Waals surface area (Å²) in [7, 11) is 0. The summed E-state index contributed by atoms with van der Waals surface area (Å²) in [4.78, 5) is 0. The van der Waals surface area contributed by atoms with E-state index in [1.165, 1.54) is 0 Å². The molecule has 0 atom stereocenters. The highest BCUT2D eigenvalue weighted by atomic mass is 19.4. The van der Waals surface area contributed by atoms with Crippen LogP contribution in [0.15, 0.2) is 24.3 Å². The van der Waals surface area contributed by atoms with Crippen molar-refractivity contribution in [3.63, 3.8) is 0 Å². The van der Waals surface area contributed by atoms with Gasteiger partial charge in [-0.25, -0.2) is 0 Å². The monoisotopic (exact) mass is 600 g/mol. The lowest BCUT2D eigenvalue weighted by Gasteiger charge is -2.29. The van der Waals surface area contributed by atoms with Gasteiger partial charge in [-0.2, -0.15) is 87.8 Å². The van der Waals surface area contributed by atoms with E-state index in [2.05, 4.69) is 0 Å². The van der Waals surface area contributed by atoms with Gasteiger partial charge in [0.1, 0.15) is 0 Å². The molecule has 2 aromatic carbocycles. The number of rotatable bonds is 4. The summed E-state index contributed by atoms with van der Waals surface area (Å²) in [6.07, 6.45) is -27.9. The van der Waals surface area contributed by atoms with E-state index in [9.17, 15) is 87.8 Å². The van der Waals surface area contributed by atoms with Crippen LogP contribution in [0.4, 0.5) is 87.8 Å². The lowest BCUT2D eigenvalue weighted by Crippen LogP contribution is -2.38. The Morgan fingerprint density at radius 2 is 0.500 bits per heavy atom. The number of halogens is 20. The standard InChI is InChI=1S/C18H4F20/c19-11(20,15(27,28)29)5-1-7-8(10(3-5)14(25,26)18(36,37)38)2-6(12(21,22)16(30,31)32)4-9(7)13(23,24)17(33,34)35/h1-4H. The first kappa shape index (κ1) is 31.5. The van der Waals surface area contributed by atoms with Crippen molar-refractivity contribution in [3.05, 3.63) is 46.5 Å². The highest BCUT2D eigenvalue weighted by Crippen LogP contribution is 2.55. The van der Waals surface area contributed by atoms with Crippen LogP contribution in [0.3, 0.4) is 0 Å². The largest absolute Gasteiger partial charge is 0.458 e. The first-order valence-electron chi connectivity index (χ1n) is 8.84. The van der Waals surface area contributed by atoms with E-state index in [1.807, 2.05) is 0 Å². The summed E-state index contributed by atoms with van der Waals surface area (Å²) in [6.45, 7) is 0. The SMILES string of the molecule is FC(F)(F)C(F)(F)c1cc(C(F)(F)C(F)(F)F)c2cc(C(F)(F)C(F)(F)F)cc(C(F)(F)C(F)(F)F)c2c1. The molecular formula is C18H4F20. The maximum Gasteiger partial charge on any atom is 0.458 e. The molecule has 2 aromatic rings. The second-order valence-electron chi connectivity index (χ2n) is 7.43. The highest BCUT2D eigenvalue weighted by Gasteiger charge is 2.65. The van der Waals surface area contributed by atoms with Gasteiger partial charge in [-0.15, -0.1) is 0 Å². The Balaban J connectivity index is 3.36. The van der Waals surface area contributed by atoms with Gasteiger partial charge >= 0.3 is 48.4 Å². The molecule has 0 saturated carbocycles. The minimum absolute atomic E-state index is 1.11. The van der Waals surface area contributed by atoms with Gasteiger partial charge in [-0.1, -0.05) is 0 Å². The number of alkyl halides is 20. The lowest BCUT2D eigenvalue weighted by molar-refractivity contribution is -0.292. The predicted molar refractivity (Wildman–Crippen MR) is 83.7 cm³/mol. The number of fused-ring (bicyclic) bond motifs is 1. The van der Waals surface area contributed by atoms with Gasteiger partial charge in [0, 0.05) is 22.3 Å². The van der Waals surface area contributed by atoms with Crippen molar-refractivity contribution < 1.29 is 87.8 Å². The average Bonchev–Trinajstić information content (AvgIpc) is 2.68. The second-order valence-corrected chi connectivity index (χ2v) is 7.43. The zero-order valence-corrected chi connectivity index (χ0v) is 16.9. The van der Waals surface area contributed by atoms with Gasteiger partial charge in [-0.3, -0.25) is 0 Å². The Kier molecular flexibility index (Phi) is 6.96. The van der Waals surface area contributed by atoms with Gasteiger partial charge in [-0.05, 0) is 35.0 Å². The van der Waals surface area contributed by atoms with E-state index < -0.39 is 106 Å². The molecule has 0 aliphatic heterocycles.